The van der Waals surface area contributed by atoms with Gasteiger partial charge in [-0.3, -0.25) is 5.10 Å². The Kier molecular flexibility index (Phi) is 1.96. The summed E-state index contributed by atoms with van der Waals surface area (Å²) in [6.07, 6.45) is 5.32. The van der Waals surface area contributed by atoms with Gasteiger partial charge >= 0.3 is 0 Å². The van der Waals surface area contributed by atoms with Gasteiger partial charge in [0.1, 0.15) is 5.69 Å². The van der Waals surface area contributed by atoms with E-state index in [1.54, 1.807) is 0 Å². The molecule has 0 spiro atoms. The summed E-state index contributed by atoms with van der Waals surface area (Å²) >= 11 is 0. The lowest BCUT2D eigenvalue weighted by atomic mass is 10.1. The Hall–Kier alpha value is -2.21. The van der Waals surface area contributed by atoms with E-state index in [9.17, 15) is 0 Å². The fourth-order valence-electron chi connectivity index (χ4n) is 1.36. The van der Waals surface area contributed by atoms with Crippen molar-refractivity contribution in [2.75, 3.05) is 5.73 Å². The van der Waals surface area contributed by atoms with Crippen LogP contribution in [0, 0.1) is 12.3 Å². The second kappa shape index (κ2) is 3.27. The van der Waals surface area contributed by atoms with E-state index in [1.165, 1.54) is 0 Å². The fourth-order valence-corrected chi connectivity index (χ4v) is 1.36. The molecular weight excluding hydrogens is 174 g/mol. The highest BCUT2D eigenvalue weighted by molar-refractivity contribution is 5.78. The van der Waals surface area contributed by atoms with E-state index in [1.807, 2.05) is 30.3 Å². The van der Waals surface area contributed by atoms with Gasteiger partial charge in [0, 0.05) is 0 Å². The largest absolute Gasteiger partial charge is 0.382 e. The molecule has 0 saturated heterocycles. The average Bonchev–Trinajstić information content (AvgIpc) is 2.61. The Bertz CT molecular complexity index is 477. The summed E-state index contributed by atoms with van der Waals surface area (Å²) in [6, 6.07) is 9.70. The van der Waals surface area contributed by atoms with E-state index < -0.39 is 0 Å². The number of hydrogen-bond acceptors (Lipinski definition) is 2. The molecule has 3 N–H and O–H groups in total. The van der Waals surface area contributed by atoms with Gasteiger partial charge in [-0.2, -0.15) is 5.10 Å². The lowest BCUT2D eigenvalue weighted by molar-refractivity contribution is 1.08. The van der Waals surface area contributed by atoms with Crippen molar-refractivity contribution < 1.29 is 0 Å². The van der Waals surface area contributed by atoms with E-state index in [4.69, 9.17) is 12.2 Å². The van der Waals surface area contributed by atoms with Gasteiger partial charge in [-0.15, -0.1) is 6.42 Å². The van der Waals surface area contributed by atoms with Gasteiger partial charge in [-0.05, 0) is 5.56 Å². The molecule has 0 radical (unpaired) electrons. The molecule has 0 bridgehead atoms. The molecule has 0 amide bonds. The number of benzene rings is 1. The topological polar surface area (TPSA) is 54.7 Å². The van der Waals surface area contributed by atoms with E-state index in [2.05, 4.69) is 16.1 Å². The summed E-state index contributed by atoms with van der Waals surface area (Å²) in [5.74, 6) is 2.95. The number of nitrogens with zero attached hydrogens (tertiary/aromatic N) is 1. The van der Waals surface area contributed by atoms with Crippen molar-refractivity contribution in [3.63, 3.8) is 0 Å². The Balaban J connectivity index is 2.63. The highest BCUT2D eigenvalue weighted by Gasteiger charge is 2.10. The summed E-state index contributed by atoms with van der Waals surface area (Å²) in [5.41, 5.74) is 8.11. The maximum atomic E-state index is 5.71. The van der Waals surface area contributed by atoms with Crippen molar-refractivity contribution in [3.05, 3.63) is 36.0 Å². The third kappa shape index (κ3) is 1.23. The predicted octanol–water partition coefficient (Wildman–Crippen LogP) is 1.64. The number of nitrogens with one attached hydrogen (secondary N) is 1. The maximum absolute atomic E-state index is 5.71. The molecule has 2 aromatic rings. The smallest absolute Gasteiger partial charge is 0.154 e. The predicted molar refractivity (Wildman–Crippen MR) is 56.4 cm³/mol. The number of terminal acetylenes is 1. The molecule has 3 heteroatoms. The van der Waals surface area contributed by atoms with Crippen LogP contribution in [0.1, 0.15) is 5.69 Å². The van der Waals surface area contributed by atoms with E-state index in [-0.39, 0.29) is 0 Å². The number of anilines is 1. The van der Waals surface area contributed by atoms with Crippen molar-refractivity contribution in [1.29, 1.82) is 0 Å². The highest BCUT2D eigenvalue weighted by Crippen LogP contribution is 2.26. The Labute approximate surface area is 82.0 Å². The van der Waals surface area contributed by atoms with Crippen LogP contribution in [0.15, 0.2) is 30.3 Å². The number of aromatic amines is 1. The molecule has 68 valence electrons. The summed E-state index contributed by atoms with van der Waals surface area (Å²) in [7, 11) is 0. The number of nitrogens with two attached hydrogens (primary N) is 1. The van der Waals surface area contributed by atoms with Crippen LogP contribution >= 0.6 is 0 Å². The molecular formula is C11H9N3. The molecule has 0 fully saturated rings. The molecule has 1 aromatic carbocycles. The molecule has 14 heavy (non-hydrogen) atoms. The van der Waals surface area contributed by atoms with Gasteiger partial charge in [-0.1, -0.05) is 36.3 Å². The summed E-state index contributed by atoms with van der Waals surface area (Å²) < 4.78 is 0. The normalized spacial score (nSPS) is 9.64. The number of rotatable bonds is 1. The quantitative estimate of drug-likeness (QED) is 0.660. The van der Waals surface area contributed by atoms with Crippen molar-refractivity contribution in [2.45, 2.75) is 0 Å². The van der Waals surface area contributed by atoms with Gasteiger partial charge in [0.05, 0.1) is 5.56 Å². The van der Waals surface area contributed by atoms with Crippen molar-refractivity contribution in [1.82, 2.24) is 10.2 Å². The van der Waals surface area contributed by atoms with Crippen LogP contribution < -0.4 is 5.73 Å². The van der Waals surface area contributed by atoms with Gasteiger partial charge in [0.15, 0.2) is 5.82 Å². The van der Waals surface area contributed by atoms with E-state index in [0.29, 0.717) is 11.5 Å². The lowest BCUT2D eigenvalue weighted by Crippen LogP contribution is -1.88. The van der Waals surface area contributed by atoms with Crippen molar-refractivity contribution in [3.8, 4) is 23.5 Å². The number of aromatic nitrogens is 2. The minimum atomic E-state index is 0.434. The number of nitrogen functional groups attached to an aromatic ring is 1. The summed E-state index contributed by atoms with van der Waals surface area (Å²) in [6.45, 7) is 0. The van der Waals surface area contributed by atoms with Crippen LogP contribution in [0.3, 0.4) is 0 Å². The standard InChI is InChI=1S/C11H9N3/c1-2-9-10(11(12)14-13-9)8-6-4-3-5-7-8/h1,3-7H,(H3,12,13,14). The molecule has 2 rings (SSSR count). The molecule has 0 saturated carbocycles. The Morgan fingerprint density at radius 1 is 1.29 bits per heavy atom. The van der Waals surface area contributed by atoms with Crippen LogP contribution in [0.25, 0.3) is 11.1 Å². The summed E-state index contributed by atoms with van der Waals surface area (Å²) in [5, 5.41) is 6.59. The van der Waals surface area contributed by atoms with E-state index >= 15 is 0 Å². The van der Waals surface area contributed by atoms with Gasteiger partial charge < -0.3 is 5.73 Å². The molecule has 1 aromatic heterocycles. The zero-order valence-corrected chi connectivity index (χ0v) is 7.49. The average molecular weight is 183 g/mol. The number of hydrogen-bond donors (Lipinski definition) is 2. The zero-order chi connectivity index (χ0) is 9.97. The van der Waals surface area contributed by atoms with Gasteiger partial charge in [-0.25, -0.2) is 0 Å². The minimum absolute atomic E-state index is 0.434. The maximum Gasteiger partial charge on any atom is 0.154 e. The molecule has 0 atom stereocenters. The Morgan fingerprint density at radius 3 is 2.64 bits per heavy atom. The minimum Gasteiger partial charge on any atom is -0.382 e. The van der Waals surface area contributed by atoms with Crippen LogP contribution in [-0.2, 0) is 0 Å². The monoisotopic (exact) mass is 183 g/mol. The van der Waals surface area contributed by atoms with Gasteiger partial charge in [0.25, 0.3) is 0 Å². The molecule has 0 unspecified atom stereocenters. The van der Waals surface area contributed by atoms with Crippen molar-refractivity contribution in [2.24, 2.45) is 0 Å². The molecule has 0 aliphatic heterocycles. The fraction of sp³-hybridized carbons (Fsp3) is 0. The molecule has 1 heterocycles. The summed E-state index contributed by atoms with van der Waals surface area (Å²) in [4.78, 5) is 0. The first-order valence-corrected chi connectivity index (χ1v) is 4.19. The highest BCUT2D eigenvalue weighted by atomic mass is 15.2. The SMILES string of the molecule is C#Cc1[nH]nc(N)c1-c1ccccc1. The third-order valence-corrected chi connectivity index (χ3v) is 2.00. The van der Waals surface area contributed by atoms with E-state index in [0.717, 1.165) is 11.1 Å². The van der Waals surface area contributed by atoms with Crippen LogP contribution in [0.4, 0.5) is 5.82 Å². The molecule has 3 nitrogen and oxygen atoms in total. The van der Waals surface area contributed by atoms with Crippen LogP contribution in [-0.4, -0.2) is 10.2 Å². The molecule has 0 aliphatic rings. The third-order valence-electron chi connectivity index (χ3n) is 2.00. The Morgan fingerprint density at radius 2 is 2.00 bits per heavy atom. The van der Waals surface area contributed by atoms with Crippen LogP contribution in [0.2, 0.25) is 0 Å². The van der Waals surface area contributed by atoms with Crippen LogP contribution in [0.5, 0.6) is 0 Å². The molecule has 0 aliphatic carbocycles. The number of H-pyrrole nitrogens is 1. The van der Waals surface area contributed by atoms with Gasteiger partial charge in [0.2, 0.25) is 0 Å². The second-order valence-corrected chi connectivity index (χ2v) is 2.87. The first kappa shape index (κ1) is 8.39. The first-order chi connectivity index (χ1) is 6.83. The lowest BCUT2D eigenvalue weighted by Gasteiger charge is -1.98. The second-order valence-electron chi connectivity index (χ2n) is 2.87. The van der Waals surface area contributed by atoms with Crippen molar-refractivity contribution >= 4 is 5.82 Å². The first-order valence-electron chi connectivity index (χ1n) is 4.19. The zero-order valence-electron chi connectivity index (χ0n) is 7.49.